The van der Waals surface area contributed by atoms with E-state index in [1.807, 2.05) is 13.1 Å². The fourth-order valence-electron chi connectivity index (χ4n) is 0.313. The van der Waals surface area contributed by atoms with Crippen molar-refractivity contribution < 1.29 is 0 Å². The molecule has 0 saturated carbocycles. The molecule has 0 spiro atoms. The van der Waals surface area contributed by atoms with Crippen LogP contribution in [0.3, 0.4) is 0 Å². The van der Waals surface area contributed by atoms with E-state index < -0.39 is 9.21 Å². The molecule has 0 unspecified atom stereocenters. The van der Waals surface area contributed by atoms with E-state index in [1.54, 1.807) is 0 Å². The molecule has 0 bridgehead atoms. The van der Waals surface area contributed by atoms with E-state index in [4.69, 9.17) is 0 Å². The molecular weight excluding hydrogens is 130 g/mol. The lowest BCUT2D eigenvalue weighted by Gasteiger charge is -1.94. The molecule has 0 aliphatic rings. The third-order valence-corrected chi connectivity index (χ3v) is 1.58. The van der Waals surface area contributed by atoms with Gasteiger partial charge in [-0.15, -0.1) is 0 Å². The lowest BCUT2D eigenvalue weighted by molar-refractivity contribution is 1.14. The van der Waals surface area contributed by atoms with Crippen LogP contribution in [0.5, 0.6) is 0 Å². The summed E-state index contributed by atoms with van der Waals surface area (Å²) in [7, 11) is -0.721. The molecule has 0 heterocycles. The molecule has 0 amide bonds. The Hall–Kier alpha value is -0.240. The van der Waals surface area contributed by atoms with Crippen LogP contribution >= 0.6 is 9.21 Å². The van der Waals surface area contributed by atoms with E-state index in [0.29, 0.717) is 0 Å². The standard InChI is InChI=1S/C7H15NS/c1-5-8-6-7-9(2,3)4/h6-7H,2,5H2,1,3-4H3. The van der Waals surface area contributed by atoms with Crippen LogP contribution < -0.4 is 0 Å². The van der Waals surface area contributed by atoms with Gasteiger partial charge in [0.25, 0.3) is 0 Å². The largest absolute Gasteiger partial charge is 0.293 e. The van der Waals surface area contributed by atoms with Crippen molar-refractivity contribution in [2.24, 2.45) is 4.99 Å². The van der Waals surface area contributed by atoms with Gasteiger partial charge in [0, 0.05) is 12.8 Å². The van der Waals surface area contributed by atoms with Gasteiger partial charge in [-0.05, 0) is 24.8 Å². The van der Waals surface area contributed by atoms with Crippen molar-refractivity contribution in [1.82, 2.24) is 0 Å². The van der Waals surface area contributed by atoms with Gasteiger partial charge in [0.15, 0.2) is 0 Å². The van der Waals surface area contributed by atoms with Crippen molar-refractivity contribution in [2.75, 3.05) is 19.1 Å². The normalized spacial score (nSPS) is 12.3. The Kier molecular flexibility index (Phi) is 3.62. The molecule has 0 N–H and O–H groups in total. The van der Waals surface area contributed by atoms with Crippen molar-refractivity contribution in [3.05, 3.63) is 0 Å². The topological polar surface area (TPSA) is 12.4 Å². The maximum Gasteiger partial charge on any atom is 0.0361 e. The first kappa shape index (κ1) is 8.76. The molecule has 0 atom stereocenters. The number of hydrogen-bond acceptors (Lipinski definition) is 1. The van der Waals surface area contributed by atoms with Crippen LogP contribution in [0.25, 0.3) is 0 Å². The van der Waals surface area contributed by atoms with E-state index in [9.17, 15) is 0 Å². The molecule has 0 aliphatic carbocycles. The summed E-state index contributed by atoms with van der Waals surface area (Å²) in [6.45, 7) is 2.89. The van der Waals surface area contributed by atoms with Crippen LogP contribution in [0.15, 0.2) is 4.99 Å². The smallest absolute Gasteiger partial charge is 0.0361 e. The van der Waals surface area contributed by atoms with Crippen LogP contribution in [0.4, 0.5) is 0 Å². The van der Waals surface area contributed by atoms with Gasteiger partial charge in [-0.3, -0.25) is 4.99 Å². The van der Waals surface area contributed by atoms with E-state index >= 15 is 0 Å². The average Bonchev–Trinajstić information content (AvgIpc) is 1.63. The lowest BCUT2D eigenvalue weighted by atomic mass is 10.8. The van der Waals surface area contributed by atoms with Crippen molar-refractivity contribution in [3.63, 3.8) is 0 Å². The van der Waals surface area contributed by atoms with Crippen molar-refractivity contribution in [1.29, 1.82) is 0 Å². The van der Waals surface area contributed by atoms with Gasteiger partial charge in [0.1, 0.15) is 0 Å². The summed E-state index contributed by atoms with van der Waals surface area (Å²) >= 11 is 0. The Labute approximate surface area is 58.3 Å². The first-order chi connectivity index (χ1) is 4.06. The van der Waals surface area contributed by atoms with Gasteiger partial charge < -0.3 is 0 Å². The van der Waals surface area contributed by atoms with E-state index in [2.05, 4.69) is 28.7 Å². The molecular formula is C7H15NS. The Morgan fingerprint density at radius 1 is 1.56 bits per heavy atom. The molecule has 0 aromatic heterocycles. The van der Waals surface area contributed by atoms with Crippen LogP contribution in [-0.4, -0.2) is 36.5 Å². The molecule has 0 radical (unpaired) electrons. The third kappa shape index (κ3) is 7.76. The Morgan fingerprint density at radius 3 is 2.44 bits per heavy atom. The number of rotatable bonds is 2. The zero-order chi connectivity index (χ0) is 7.33. The highest BCUT2D eigenvalue weighted by Gasteiger charge is 1.73. The molecule has 0 aliphatic heterocycles. The minimum Gasteiger partial charge on any atom is -0.293 e. The maximum absolute atomic E-state index is 4.06. The summed E-state index contributed by atoms with van der Waals surface area (Å²) in [6, 6.07) is 0. The monoisotopic (exact) mass is 145 g/mol. The zero-order valence-electron chi connectivity index (χ0n) is 6.42. The summed E-state index contributed by atoms with van der Waals surface area (Å²) in [5.74, 6) is 3.98. The SMILES string of the molecule is C=S(C)(C)=CC=NCC. The highest BCUT2D eigenvalue weighted by molar-refractivity contribution is 8.28. The van der Waals surface area contributed by atoms with Gasteiger partial charge in [0.2, 0.25) is 0 Å². The van der Waals surface area contributed by atoms with Gasteiger partial charge in [-0.1, -0.05) is 5.87 Å². The quantitative estimate of drug-likeness (QED) is 0.411. The van der Waals surface area contributed by atoms with Crippen molar-refractivity contribution >= 4 is 26.7 Å². The predicted octanol–water partition coefficient (Wildman–Crippen LogP) is 1.38. The van der Waals surface area contributed by atoms with Gasteiger partial charge in [0.05, 0.1) is 0 Å². The minimum absolute atomic E-state index is 0.721. The molecule has 1 nitrogen and oxygen atoms in total. The van der Waals surface area contributed by atoms with E-state index in [1.165, 1.54) is 0 Å². The summed E-state index contributed by atoms with van der Waals surface area (Å²) in [5, 5.41) is 2.08. The molecule has 9 heavy (non-hydrogen) atoms. The number of nitrogens with zero attached hydrogens (tertiary/aromatic N) is 1. The Morgan fingerprint density at radius 2 is 2.11 bits per heavy atom. The van der Waals surface area contributed by atoms with Crippen molar-refractivity contribution in [2.45, 2.75) is 6.92 Å². The Bertz CT molecular complexity index is 187. The minimum atomic E-state index is -0.721. The highest BCUT2D eigenvalue weighted by Crippen LogP contribution is 2.04. The summed E-state index contributed by atoms with van der Waals surface area (Å²) in [6.07, 6.45) is 6.13. The number of aliphatic imine (C=N–C) groups is 1. The van der Waals surface area contributed by atoms with Crippen LogP contribution in [0.2, 0.25) is 0 Å². The molecule has 0 rings (SSSR count). The van der Waals surface area contributed by atoms with Crippen LogP contribution in [-0.2, 0) is 0 Å². The molecule has 0 saturated heterocycles. The van der Waals surface area contributed by atoms with Crippen LogP contribution in [0.1, 0.15) is 6.92 Å². The second-order valence-corrected chi connectivity index (χ2v) is 5.93. The summed E-state index contributed by atoms with van der Waals surface area (Å²) in [4.78, 5) is 4.06. The van der Waals surface area contributed by atoms with Gasteiger partial charge in [-0.25, -0.2) is 9.21 Å². The van der Waals surface area contributed by atoms with Gasteiger partial charge >= 0.3 is 0 Å². The molecule has 0 fully saturated rings. The number of hydrogen-bond donors (Lipinski definition) is 0. The zero-order valence-corrected chi connectivity index (χ0v) is 7.24. The maximum atomic E-state index is 4.06. The van der Waals surface area contributed by atoms with Crippen LogP contribution in [0, 0.1) is 0 Å². The van der Waals surface area contributed by atoms with E-state index in [-0.39, 0.29) is 0 Å². The molecule has 0 aromatic carbocycles. The first-order valence-electron chi connectivity index (χ1n) is 2.96. The second kappa shape index (κ2) is 3.72. The van der Waals surface area contributed by atoms with Gasteiger partial charge in [-0.2, -0.15) is 0 Å². The van der Waals surface area contributed by atoms with E-state index in [0.717, 1.165) is 6.54 Å². The summed E-state index contributed by atoms with van der Waals surface area (Å²) in [5.41, 5.74) is 0. The second-order valence-electron chi connectivity index (χ2n) is 2.41. The lowest BCUT2D eigenvalue weighted by Crippen LogP contribution is -1.80. The average molecular weight is 145 g/mol. The highest BCUT2D eigenvalue weighted by atomic mass is 32.2. The molecule has 2 heteroatoms. The fraction of sp³-hybridized carbons (Fsp3) is 0.571. The first-order valence-corrected chi connectivity index (χ1v) is 5.64. The third-order valence-electron chi connectivity index (χ3n) is 0.717. The van der Waals surface area contributed by atoms with Crippen molar-refractivity contribution in [3.8, 4) is 0 Å². The Balaban J connectivity index is 4.02. The predicted molar refractivity (Wildman–Crippen MR) is 51.7 cm³/mol. The summed E-state index contributed by atoms with van der Waals surface area (Å²) < 4.78 is 0. The molecule has 54 valence electrons. The molecule has 0 aromatic rings. The fourth-order valence-corrected chi connectivity index (χ4v) is 0.729.